The van der Waals surface area contributed by atoms with Crippen LogP contribution in [0, 0.1) is 6.92 Å². The zero-order valence-corrected chi connectivity index (χ0v) is 10.7. The van der Waals surface area contributed by atoms with Gasteiger partial charge in [0.1, 0.15) is 5.56 Å². The van der Waals surface area contributed by atoms with Crippen molar-refractivity contribution in [3.8, 4) is 0 Å². The third-order valence-corrected chi connectivity index (χ3v) is 3.10. The summed E-state index contributed by atoms with van der Waals surface area (Å²) >= 11 is 0. The minimum absolute atomic E-state index is 0.0440. The Bertz CT molecular complexity index is 572. The monoisotopic (exact) mass is 264 g/mol. The van der Waals surface area contributed by atoms with Gasteiger partial charge in [-0.2, -0.15) is 0 Å². The summed E-state index contributed by atoms with van der Waals surface area (Å²) in [4.78, 5) is 33.9. The third-order valence-electron chi connectivity index (χ3n) is 3.10. The number of nitrogens with zero attached hydrogens (tertiary/aromatic N) is 1. The number of amides is 1. The van der Waals surface area contributed by atoms with Gasteiger partial charge in [-0.15, -0.1) is 0 Å². The number of hydrogen-bond donors (Lipinski definition) is 2. The summed E-state index contributed by atoms with van der Waals surface area (Å²) in [6.45, 7) is 2.08. The van der Waals surface area contributed by atoms with E-state index in [1.54, 1.807) is 11.5 Å². The first-order valence-corrected chi connectivity index (χ1v) is 6.21. The van der Waals surface area contributed by atoms with Gasteiger partial charge in [-0.1, -0.05) is 0 Å². The van der Waals surface area contributed by atoms with Gasteiger partial charge in [-0.3, -0.25) is 9.59 Å². The van der Waals surface area contributed by atoms with Crippen LogP contribution in [0.4, 0.5) is 0 Å². The second kappa shape index (κ2) is 5.26. The SMILES string of the molecule is Cc1cc(=O)c(C(=O)O)cn1CCC(=O)NC1CC1. The quantitative estimate of drug-likeness (QED) is 0.811. The number of rotatable bonds is 5. The van der Waals surface area contributed by atoms with E-state index in [9.17, 15) is 14.4 Å². The number of carbonyl (C=O) groups is 2. The predicted octanol–water partition coefficient (Wildman–Crippen LogP) is 0.524. The molecule has 1 aliphatic carbocycles. The molecule has 0 aliphatic heterocycles. The highest BCUT2D eigenvalue weighted by molar-refractivity contribution is 5.87. The van der Waals surface area contributed by atoms with Crippen LogP contribution in [0.3, 0.4) is 0 Å². The van der Waals surface area contributed by atoms with Crippen molar-refractivity contribution in [1.29, 1.82) is 0 Å². The van der Waals surface area contributed by atoms with Crippen LogP contribution in [0.2, 0.25) is 0 Å². The van der Waals surface area contributed by atoms with E-state index in [1.807, 2.05) is 0 Å². The van der Waals surface area contributed by atoms with Crippen LogP contribution in [0.1, 0.15) is 35.3 Å². The maximum absolute atomic E-state index is 11.6. The predicted molar refractivity (Wildman–Crippen MR) is 68.2 cm³/mol. The van der Waals surface area contributed by atoms with Crippen molar-refractivity contribution in [2.45, 2.75) is 38.8 Å². The van der Waals surface area contributed by atoms with Crippen molar-refractivity contribution in [3.63, 3.8) is 0 Å². The smallest absolute Gasteiger partial charge is 0.341 e. The van der Waals surface area contributed by atoms with Crippen LogP contribution in [0.5, 0.6) is 0 Å². The van der Waals surface area contributed by atoms with Crippen molar-refractivity contribution in [3.05, 3.63) is 33.7 Å². The fraction of sp³-hybridized carbons (Fsp3) is 0.462. The Labute approximate surface area is 110 Å². The molecule has 1 heterocycles. The van der Waals surface area contributed by atoms with E-state index in [-0.39, 0.29) is 17.9 Å². The molecule has 0 saturated heterocycles. The van der Waals surface area contributed by atoms with E-state index < -0.39 is 11.4 Å². The number of hydrogen-bond acceptors (Lipinski definition) is 3. The van der Waals surface area contributed by atoms with Crippen molar-refractivity contribution >= 4 is 11.9 Å². The Morgan fingerprint density at radius 2 is 2.16 bits per heavy atom. The molecule has 0 atom stereocenters. The maximum Gasteiger partial charge on any atom is 0.341 e. The van der Waals surface area contributed by atoms with Crippen molar-refractivity contribution < 1.29 is 14.7 Å². The molecule has 0 unspecified atom stereocenters. The molecular weight excluding hydrogens is 248 g/mol. The topological polar surface area (TPSA) is 88.4 Å². The summed E-state index contributed by atoms with van der Waals surface area (Å²) in [6.07, 6.45) is 3.64. The van der Waals surface area contributed by atoms with Gasteiger partial charge in [-0.05, 0) is 19.8 Å². The molecule has 19 heavy (non-hydrogen) atoms. The fourth-order valence-corrected chi connectivity index (χ4v) is 1.82. The number of nitrogens with one attached hydrogen (secondary N) is 1. The molecule has 1 amide bonds. The second-order valence-corrected chi connectivity index (χ2v) is 4.78. The number of pyridine rings is 1. The standard InChI is InChI=1S/C13H16N2O4/c1-8-6-11(16)10(13(18)19)7-15(8)5-4-12(17)14-9-2-3-9/h6-7,9H,2-5H2,1H3,(H,14,17)(H,18,19). The van der Waals surface area contributed by atoms with E-state index >= 15 is 0 Å². The molecular formula is C13H16N2O4. The average molecular weight is 264 g/mol. The number of carboxylic acid groups (broad SMARTS) is 1. The molecule has 1 aromatic rings. The first-order valence-electron chi connectivity index (χ1n) is 6.21. The first-order chi connectivity index (χ1) is 8.97. The van der Waals surface area contributed by atoms with Crippen molar-refractivity contribution in [2.24, 2.45) is 0 Å². The number of aryl methyl sites for hydroxylation is 2. The summed E-state index contributed by atoms with van der Waals surface area (Å²) in [5, 5.41) is 11.8. The molecule has 0 spiro atoms. The lowest BCUT2D eigenvalue weighted by molar-refractivity contribution is -0.121. The zero-order chi connectivity index (χ0) is 14.0. The minimum atomic E-state index is -1.25. The number of aromatic carboxylic acids is 1. The van der Waals surface area contributed by atoms with Gasteiger partial charge in [0, 0.05) is 37.0 Å². The molecule has 0 radical (unpaired) electrons. The Morgan fingerprint density at radius 1 is 1.47 bits per heavy atom. The number of carbonyl (C=O) groups excluding carboxylic acids is 1. The minimum Gasteiger partial charge on any atom is -0.477 e. The van der Waals surface area contributed by atoms with Crippen LogP contribution in [0.15, 0.2) is 17.1 Å². The molecule has 2 N–H and O–H groups in total. The van der Waals surface area contributed by atoms with Crippen LogP contribution in [0.25, 0.3) is 0 Å². The molecule has 2 rings (SSSR count). The largest absolute Gasteiger partial charge is 0.477 e. The molecule has 102 valence electrons. The number of aromatic nitrogens is 1. The Hall–Kier alpha value is -2.11. The summed E-state index contributed by atoms with van der Waals surface area (Å²) in [6, 6.07) is 1.60. The van der Waals surface area contributed by atoms with Crippen molar-refractivity contribution in [1.82, 2.24) is 9.88 Å². The molecule has 1 saturated carbocycles. The van der Waals surface area contributed by atoms with Gasteiger partial charge in [-0.25, -0.2) is 4.79 Å². The van der Waals surface area contributed by atoms with Crippen LogP contribution in [-0.2, 0) is 11.3 Å². The normalized spacial score (nSPS) is 14.2. The fourth-order valence-electron chi connectivity index (χ4n) is 1.82. The zero-order valence-electron chi connectivity index (χ0n) is 10.7. The molecule has 0 bridgehead atoms. The van der Waals surface area contributed by atoms with E-state index in [2.05, 4.69) is 5.32 Å². The molecule has 1 aliphatic rings. The van der Waals surface area contributed by atoms with E-state index in [0.717, 1.165) is 12.8 Å². The van der Waals surface area contributed by atoms with E-state index in [4.69, 9.17) is 5.11 Å². The van der Waals surface area contributed by atoms with Gasteiger partial charge in [0.2, 0.25) is 5.91 Å². The maximum atomic E-state index is 11.6. The van der Waals surface area contributed by atoms with Gasteiger partial charge in [0.15, 0.2) is 5.43 Å². The van der Waals surface area contributed by atoms with Gasteiger partial charge in [0.25, 0.3) is 0 Å². The summed E-state index contributed by atoms with van der Waals surface area (Å²) < 4.78 is 1.62. The lowest BCUT2D eigenvalue weighted by Crippen LogP contribution is -2.27. The highest BCUT2D eigenvalue weighted by atomic mass is 16.4. The Balaban J connectivity index is 2.06. The summed E-state index contributed by atoms with van der Waals surface area (Å²) in [7, 11) is 0. The van der Waals surface area contributed by atoms with Crippen LogP contribution >= 0.6 is 0 Å². The van der Waals surface area contributed by atoms with Gasteiger partial charge in [0.05, 0.1) is 0 Å². The molecule has 1 fully saturated rings. The highest BCUT2D eigenvalue weighted by Gasteiger charge is 2.22. The van der Waals surface area contributed by atoms with Gasteiger partial charge < -0.3 is 15.0 Å². The van der Waals surface area contributed by atoms with E-state index in [1.165, 1.54) is 12.3 Å². The van der Waals surface area contributed by atoms with Crippen LogP contribution in [-0.4, -0.2) is 27.6 Å². The molecule has 1 aromatic heterocycles. The molecule has 0 aromatic carbocycles. The third kappa shape index (κ3) is 3.43. The molecule has 6 nitrogen and oxygen atoms in total. The Kier molecular flexibility index (Phi) is 3.69. The second-order valence-electron chi connectivity index (χ2n) is 4.78. The molecule has 6 heteroatoms. The Morgan fingerprint density at radius 3 is 2.74 bits per heavy atom. The summed E-state index contributed by atoms with van der Waals surface area (Å²) in [5.74, 6) is -1.29. The first kappa shape index (κ1) is 13.3. The van der Waals surface area contributed by atoms with Gasteiger partial charge >= 0.3 is 5.97 Å². The highest BCUT2D eigenvalue weighted by Crippen LogP contribution is 2.18. The van der Waals surface area contributed by atoms with Crippen LogP contribution < -0.4 is 10.7 Å². The lowest BCUT2D eigenvalue weighted by atomic mass is 10.2. The average Bonchev–Trinajstić information content (AvgIpc) is 3.11. The summed E-state index contributed by atoms with van der Waals surface area (Å²) in [5.41, 5.74) is -0.133. The van der Waals surface area contributed by atoms with Crippen molar-refractivity contribution in [2.75, 3.05) is 0 Å². The number of carboxylic acids is 1. The van der Waals surface area contributed by atoms with E-state index in [0.29, 0.717) is 18.3 Å². The lowest BCUT2D eigenvalue weighted by Gasteiger charge is -2.11.